The summed E-state index contributed by atoms with van der Waals surface area (Å²) in [5.41, 5.74) is 7.41. The monoisotopic (exact) mass is 488 g/mol. The summed E-state index contributed by atoms with van der Waals surface area (Å²) < 4.78 is 1.30. The Morgan fingerprint density at radius 1 is 0.800 bits per heavy atom. The minimum Gasteiger partial charge on any atom is -0.321 e. The van der Waals surface area contributed by atoms with Crippen LogP contribution >= 0.6 is 11.6 Å². The van der Waals surface area contributed by atoms with Crippen LogP contribution in [0.2, 0.25) is 5.02 Å². The van der Waals surface area contributed by atoms with E-state index in [0.29, 0.717) is 27.3 Å². The van der Waals surface area contributed by atoms with Gasteiger partial charge in [-0.2, -0.15) is 0 Å². The van der Waals surface area contributed by atoms with Crippen LogP contribution < -0.4 is 16.1 Å². The Morgan fingerprint density at radius 3 is 2.14 bits per heavy atom. The maximum atomic E-state index is 13.1. The largest absolute Gasteiger partial charge is 0.328 e. The molecule has 4 rings (SSSR count). The van der Waals surface area contributed by atoms with Gasteiger partial charge < -0.3 is 10.6 Å². The number of benzene rings is 3. The quantitative estimate of drug-likeness (QED) is 0.327. The van der Waals surface area contributed by atoms with Crippen LogP contribution in [0.15, 0.2) is 66.7 Å². The molecule has 1 aromatic heterocycles. The second-order valence-electron chi connectivity index (χ2n) is 8.34. The first-order valence-corrected chi connectivity index (χ1v) is 11.5. The predicted octanol–water partition coefficient (Wildman–Crippen LogP) is 5.44. The zero-order valence-corrected chi connectivity index (χ0v) is 20.4. The third-order valence-corrected chi connectivity index (χ3v) is 5.75. The number of aryl methyl sites for hydroxylation is 3. The van der Waals surface area contributed by atoms with Crippen molar-refractivity contribution in [3.05, 3.63) is 94.1 Å². The van der Waals surface area contributed by atoms with Crippen LogP contribution in [0.3, 0.4) is 0 Å². The molecule has 0 aliphatic carbocycles. The topological polar surface area (TPSA) is 92.2 Å². The van der Waals surface area contributed by atoms with Crippen LogP contribution in [0.5, 0.6) is 0 Å². The Balaban J connectivity index is 1.61. The summed E-state index contributed by atoms with van der Waals surface area (Å²) in [4.78, 5) is 38.6. The van der Waals surface area contributed by atoms with Gasteiger partial charge in [0.05, 0.1) is 5.52 Å². The summed E-state index contributed by atoms with van der Waals surface area (Å²) in [5.74, 6) is -2.22. The molecular weight excluding hydrogens is 464 g/mol. The number of amides is 3. The number of nitrogens with one attached hydrogen (secondary N) is 3. The van der Waals surface area contributed by atoms with E-state index in [1.807, 2.05) is 44.2 Å². The molecule has 0 unspecified atom stereocenters. The molecule has 3 N–H and O–H groups in total. The van der Waals surface area contributed by atoms with Crippen LogP contribution in [0.4, 0.5) is 11.4 Å². The molecule has 3 aromatic carbocycles. The van der Waals surface area contributed by atoms with Gasteiger partial charge in [-0.15, -0.1) is 0 Å². The molecule has 0 atom stereocenters. The fourth-order valence-electron chi connectivity index (χ4n) is 3.88. The SMILES string of the molecule is CCc1ccc(NC(=O)c2cc3cc(Cl)ccc3n2NC(=O)C(=O)Nc2cc(C)cc(C)c2)cc1. The van der Waals surface area contributed by atoms with Crippen molar-refractivity contribution in [3.63, 3.8) is 0 Å². The Kier molecular flexibility index (Phi) is 6.89. The lowest BCUT2D eigenvalue weighted by Gasteiger charge is -2.13. The number of rotatable bonds is 5. The third kappa shape index (κ3) is 5.53. The molecule has 0 aliphatic heterocycles. The Bertz CT molecular complexity index is 1420. The first-order valence-electron chi connectivity index (χ1n) is 11.2. The molecule has 7 nitrogen and oxygen atoms in total. The average molecular weight is 489 g/mol. The van der Waals surface area contributed by atoms with E-state index in [1.165, 1.54) is 4.68 Å². The van der Waals surface area contributed by atoms with E-state index in [-0.39, 0.29) is 5.69 Å². The highest BCUT2D eigenvalue weighted by molar-refractivity contribution is 6.42. The van der Waals surface area contributed by atoms with Crippen molar-refractivity contribution in [2.24, 2.45) is 0 Å². The molecule has 0 aliphatic rings. The zero-order chi connectivity index (χ0) is 25.1. The van der Waals surface area contributed by atoms with E-state index in [1.54, 1.807) is 36.4 Å². The van der Waals surface area contributed by atoms with Crippen molar-refractivity contribution < 1.29 is 14.4 Å². The zero-order valence-electron chi connectivity index (χ0n) is 19.6. The van der Waals surface area contributed by atoms with Gasteiger partial charge in [-0.1, -0.05) is 36.7 Å². The molecule has 0 fully saturated rings. The molecule has 35 heavy (non-hydrogen) atoms. The highest BCUT2D eigenvalue weighted by atomic mass is 35.5. The normalized spacial score (nSPS) is 10.7. The van der Waals surface area contributed by atoms with Crippen LogP contribution in [-0.4, -0.2) is 22.4 Å². The number of nitrogens with zero attached hydrogens (tertiary/aromatic N) is 1. The Labute approximate surface area is 208 Å². The summed E-state index contributed by atoms with van der Waals surface area (Å²) in [5, 5.41) is 6.56. The minimum atomic E-state index is -0.919. The number of carbonyl (C=O) groups is 3. The second-order valence-corrected chi connectivity index (χ2v) is 8.78. The van der Waals surface area contributed by atoms with Crippen LogP contribution in [0.1, 0.15) is 34.1 Å². The molecule has 0 radical (unpaired) electrons. The number of halogens is 1. The standard InChI is InChI=1S/C27H25ClN4O3/c1-4-18-5-8-21(9-6-18)29-25(33)24-15-19-14-20(28)7-10-23(19)32(24)31-27(35)26(34)30-22-12-16(2)11-17(3)13-22/h5-15H,4H2,1-3H3,(H,29,33)(H,30,34)(H,31,35). The summed E-state index contributed by atoms with van der Waals surface area (Å²) >= 11 is 6.13. The van der Waals surface area contributed by atoms with Crippen molar-refractivity contribution in [3.8, 4) is 0 Å². The number of anilines is 2. The summed E-state index contributed by atoms with van der Waals surface area (Å²) in [7, 11) is 0. The Morgan fingerprint density at radius 2 is 1.49 bits per heavy atom. The van der Waals surface area contributed by atoms with Crippen LogP contribution in [-0.2, 0) is 16.0 Å². The van der Waals surface area contributed by atoms with Crippen molar-refractivity contribution in [1.82, 2.24) is 4.68 Å². The number of fused-ring (bicyclic) bond motifs is 1. The van der Waals surface area contributed by atoms with Crippen LogP contribution in [0, 0.1) is 13.8 Å². The highest BCUT2D eigenvalue weighted by Crippen LogP contribution is 2.24. The van der Waals surface area contributed by atoms with Gasteiger partial charge in [0, 0.05) is 21.8 Å². The van der Waals surface area contributed by atoms with E-state index in [4.69, 9.17) is 11.6 Å². The van der Waals surface area contributed by atoms with Crippen molar-refractivity contribution in [2.45, 2.75) is 27.2 Å². The van der Waals surface area contributed by atoms with Gasteiger partial charge in [0.2, 0.25) is 0 Å². The molecule has 0 spiro atoms. The molecule has 8 heteroatoms. The van der Waals surface area contributed by atoms with Gasteiger partial charge in [0.1, 0.15) is 5.69 Å². The molecular formula is C27H25ClN4O3. The van der Waals surface area contributed by atoms with Crippen molar-refractivity contribution in [2.75, 3.05) is 16.1 Å². The summed E-state index contributed by atoms with van der Waals surface area (Å²) in [6.45, 7) is 5.86. The fraction of sp³-hybridized carbons (Fsp3) is 0.148. The second kappa shape index (κ2) is 10.0. The molecule has 178 valence electrons. The van der Waals surface area contributed by atoms with Gasteiger partial charge in [-0.05, 0) is 85.5 Å². The molecule has 0 saturated carbocycles. The maximum Gasteiger partial charge on any atom is 0.328 e. The van der Waals surface area contributed by atoms with E-state index < -0.39 is 17.7 Å². The number of hydrogen-bond acceptors (Lipinski definition) is 3. The lowest BCUT2D eigenvalue weighted by atomic mass is 10.1. The number of hydrogen-bond donors (Lipinski definition) is 3. The third-order valence-electron chi connectivity index (χ3n) is 5.52. The first kappa shape index (κ1) is 24.0. The lowest BCUT2D eigenvalue weighted by molar-refractivity contribution is -0.133. The lowest BCUT2D eigenvalue weighted by Crippen LogP contribution is -2.36. The van der Waals surface area contributed by atoms with E-state index in [2.05, 4.69) is 23.0 Å². The van der Waals surface area contributed by atoms with Gasteiger partial charge in [0.15, 0.2) is 0 Å². The summed E-state index contributed by atoms with van der Waals surface area (Å²) in [6, 6.07) is 19.6. The fourth-order valence-corrected chi connectivity index (χ4v) is 4.06. The highest BCUT2D eigenvalue weighted by Gasteiger charge is 2.21. The molecule has 1 heterocycles. The average Bonchev–Trinajstić information content (AvgIpc) is 3.16. The van der Waals surface area contributed by atoms with Gasteiger partial charge >= 0.3 is 11.8 Å². The van der Waals surface area contributed by atoms with Crippen molar-refractivity contribution >= 4 is 51.6 Å². The molecule has 4 aromatic rings. The number of carbonyl (C=O) groups excluding carboxylic acids is 3. The summed E-state index contributed by atoms with van der Waals surface area (Å²) in [6.07, 6.45) is 0.888. The minimum absolute atomic E-state index is 0.148. The van der Waals surface area contributed by atoms with Gasteiger partial charge in [-0.3, -0.25) is 19.8 Å². The maximum absolute atomic E-state index is 13.1. The van der Waals surface area contributed by atoms with Crippen LogP contribution in [0.25, 0.3) is 10.9 Å². The van der Waals surface area contributed by atoms with Crippen molar-refractivity contribution in [1.29, 1.82) is 0 Å². The van der Waals surface area contributed by atoms with Gasteiger partial charge in [0.25, 0.3) is 5.91 Å². The van der Waals surface area contributed by atoms with E-state index >= 15 is 0 Å². The number of aromatic nitrogens is 1. The van der Waals surface area contributed by atoms with E-state index in [0.717, 1.165) is 23.1 Å². The van der Waals surface area contributed by atoms with E-state index in [9.17, 15) is 14.4 Å². The predicted molar refractivity (Wildman–Crippen MR) is 140 cm³/mol. The van der Waals surface area contributed by atoms with Gasteiger partial charge in [-0.25, -0.2) is 4.68 Å². The first-order chi connectivity index (χ1) is 16.7. The molecule has 0 bridgehead atoms. The Hall–Kier alpha value is -4.10. The molecule has 0 saturated heterocycles. The molecule has 3 amide bonds. The smallest absolute Gasteiger partial charge is 0.321 e.